The average molecular weight is 254 g/mol. The molecule has 0 saturated heterocycles. The monoisotopic (exact) mass is 254 g/mol. The maximum atomic E-state index is 3.18. The summed E-state index contributed by atoms with van der Waals surface area (Å²) in [7, 11) is 4.08. The Morgan fingerprint density at radius 2 is 1.79 bits per heavy atom. The number of nitrogens with one attached hydrogen (secondary N) is 1. The van der Waals surface area contributed by atoms with Gasteiger partial charge in [-0.05, 0) is 48.7 Å². The Balaban J connectivity index is 2.15. The van der Waals surface area contributed by atoms with Crippen molar-refractivity contribution in [3.8, 4) is 0 Å². The molecule has 19 heavy (non-hydrogen) atoms. The summed E-state index contributed by atoms with van der Waals surface area (Å²) in [4.78, 5) is 2.27. The molecular formula is C17H22N2. The lowest BCUT2D eigenvalue weighted by Crippen LogP contribution is -2.16. The second kappa shape index (κ2) is 5.79. The van der Waals surface area contributed by atoms with E-state index in [1.165, 1.54) is 22.4 Å². The van der Waals surface area contributed by atoms with Gasteiger partial charge in [0.25, 0.3) is 0 Å². The van der Waals surface area contributed by atoms with Gasteiger partial charge < -0.3 is 10.2 Å². The van der Waals surface area contributed by atoms with Crippen LogP contribution in [-0.4, -0.2) is 14.1 Å². The Labute approximate surface area is 116 Å². The number of anilines is 2. The minimum Gasteiger partial charge on any atom is -0.388 e. The van der Waals surface area contributed by atoms with Crippen LogP contribution in [0.5, 0.6) is 0 Å². The Bertz CT molecular complexity index is 561. The van der Waals surface area contributed by atoms with Gasteiger partial charge in [0.2, 0.25) is 0 Å². The molecule has 2 aromatic carbocycles. The zero-order chi connectivity index (χ0) is 13.8. The summed E-state index contributed by atoms with van der Waals surface area (Å²) in [5.74, 6) is 0. The average Bonchev–Trinajstić information content (AvgIpc) is 2.43. The third-order valence-corrected chi connectivity index (χ3v) is 3.57. The molecule has 0 saturated carbocycles. The highest BCUT2D eigenvalue weighted by molar-refractivity contribution is 5.57. The van der Waals surface area contributed by atoms with Crippen molar-refractivity contribution < 1.29 is 0 Å². The number of rotatable bonds is 4. The quantitative estimate of drug-likeness (QED) is 0.887. The van der Waals surface area contributed by atoms with E-state index in [4.69, 9.17) is 0 Å². The van der Waals surface area contributed by atoms with E-state index in [-0.39, 0.29) is 0 Å². The summed E-state index contributed by atoms with van der Waals surface area (Å²) >= 11 is 0. The molecule has 2 aromatic rings. The van der Waals surface area contributed by atoms with E-state index in [0.717, 1.165) is 12.2 Å². The maximum absolute atomic E-state index is 3.18. The number of hydrogen-bond donors (Lipinski definition) is 1. The first-order valence-electron chi connectivity index (χ1n) is 6.65. The summed E-state index contributed by atoms with van der Waals surface area (Å²) < 4.78 is 0. The van der Waals surface area contributed by atoms with Crippen molar-refractivity contribution in [2.75, 3.05) is 24.3 Å². The predicted octanol–water partition coefficient (Wildman–Crippen LogP) is 3.98. The third kappa shape index (κ3) is 3.28. The fraction of sp³-hybridized carbons (Fsp3) is 0.294. The van der Waals surface area contributed by atoms with E-state index in [9.17, 15) is 0 Å². The first-order chi connectivity index (χ1) is 9.10. The normalized spacial score (nSPS) is 10.3. The molecule has 2 heteroatoms. The number of aryl methyl sites for hydroxylation is 2. The van der Waals surface area contributed by atoms with Gasteiger partial charge >= 0.3 is 0 Å². The molecule has 0 aliphatic rings. The van der Waals surface area contributed by atoms with E-state index in [1.54, 1.807) is 0 Å². The van der Waals surface area contributed by atoms with Crippen LogP contribution < -0.4 is 10.2 Å². The highest BCUT2D eigenvalue weighted by Crippen LogP contribution is 2.20. The molecule has 0 fully saturated rings. The van der Waals surface area contributed by atoms with Gasteiger partial charge in [-0.2, -0.15) is 0 Å². The van der Waals surface area contributed by atoms with Crippen LogP contribution in [0.1, 0.15) is 16.7 Å². The minimum absolute atomic E-state index is 0.925. The van der Waals surface area contributed by atoms with Crippen molar-refractivity contribution in [1.29, 1.82) is 0 Å². The van der Waals surface area contributed by atoms with Gasteiger partial charge in [-0.15, -0.1) is 0 Å². The molecule has 2 rings (SSSR count). The summed E-state index contributed by atoms with van der Waals surface area (Å²) in [5, 5.41) is 3.18. The number of hydrogen-bond acceptors (Lipinski definition) is 2. The van der Waals surface area contributed by atoms with Crippen LogP contribution >= 0.6 is 0 Å². The van der Waals surface area contributed by atoms with E-state index in [0.29, 0.717) is 0 Å². The highest BCUT2D eigenvalue weighted by Gasteiger charge is 2.04. The van der Waals surface area contributed by atoms with Crippen molar-refractivity contribution in [3.05, 3.63) is 59.2 Å². The molecule has 1 N–H and O–H groups in total. The number of nitrogens with zero attached hydrogens (tertiary/aromatic N) is 1. The van der Waals surface area contributed by atoms with Crippen LogP contribution in [-0.2, 0) is 6.54 Å². The molecule has 0 atom stereocenters. The van der Waals surface area contributed by atoms with Gasteiger partial charge in [0, 0.05) is 32.0 Å². The van der Waals surface area contributed by atoms with Crippen molar-refractivity contribution in [3.63, 3.8) is 0 Å². The standard InChI is InChI=1S/C17H22N2/c1-13-8-9-15(10-14(13)2)12-19(4)17-7-5-6-16(11-17)18-3/h5-11,18H,12H2,1-4H3. The van der Waals surface area contributed by atoms with Crippen molar-refractivity contribution >= 4 is 11.4 Å². The van der Waals surface area contributed by atoms with Gasteiger partial charge in [0.1, 0.15) is 0 Å². The van der Waals surface area contributed by atoms with E-state index in [1.807, 2.05) is 7.05 Å². The summed E-state index contributed by atoms with van der Waals surface area (Å²) in [6.07, 6.45) is 0. The summed E-state index contributed by atoms with van der Waals surface area (Å²) in [6, 6.07) is 15.1. The zero-order valence-corrected chi connectivity index (χ0v) is 12.2. The fourth-order valence-electron chi connectivity index (χ4n) is 2.17. The fourth-order valence-corrected chi connectivity index (χ4v) is 2.17. The molecular weight excluding hydrogens is 232 g/mol. The van der Waals surface area contributed by atoms with Crippen molar-refractivity contribution in [1.82, 2.24) is 0 Å². The Morgan fingerprint density at radius 1 is 1.00 bits per heavy atom. The molecule has 0 aliphatic carbocycles. The molecule has 2 nitrogen and oxygen atoms in total. The highest BCUT2D eigenvalue weighted by atomic mass is 15.1. The second-order valence-electron chi connectivity index (χ2n) is 5.08. The molecule has 0 amide bonds. The number of benzene rings is 2. The second-order valence-corrected chi connectivity index (χ2v) is 5.08. The smallest absolute Gasteiger partial charge is 0.0426 e. The molecule has 0 aliphatic heterocycles. The largest absolute Gasteiger partial charge is 0.388 e. The van der Waals surface area contributed by atoms with Crippen LogP contribution in [0.4, 0.5) is 11.4 Å². The Kier molecular flexibility index (Phi) is 4.10. The molecule has 100 valence electrons. The minimum atomic E-state index is 0.925. The van der Waals surface area contributed by atoms with Crippen molar-refractivity contribution in [2.24, 2.45) is 0 Å². The maximum Gasteiger partial charge on any atom is 0.0426 e. The molecule has 0 aromatic heterocycles. The Morgan fingerprint density at radius 3 is 2.47 bits per heavy atom. The van der Waals surface area contributed by atoms with Crippen LogP contribution in [0, 0.1) is 13.8 Å². The first-order valence-corrected chi connectivity index (χ1v) is 6.65. The lowest BCUT2D eigenvalue weighted by Gasteiger charge is -2.20. The lowest BCUT2D eigenvalue weighted by molar-refractivity contribution is 0.920. The van der Waals surface area contributed by atoms with Crippen LogP contribution in [0.15, 0.2) is 42.5 Å². The van der Waals surface area contributed by atoms with Gasteiger partial charge in [-0.3, -0.25) is 0 Å². The summed E-state index contributed by atoms with van der Waals surface area (Å²) in [5.41, 5.74) is 6.42. The third-order valence-electron chi connectivity index (χ3n) is 3.57. The van der Waals surface area contributed by atoms with Gasteiger partial charge in [0.15, 0.2) is 0 Å². The van der Waals surface area contributed by atoms with E-state index < -0.39 is 0 Å². The summed E-state index contributed by atoms with van der Waals surface area (Å²) in [6.45, 7) is 5.24. The molecule has 0 unspecified atom stereocenters. The Hall–Kier alpha value is -1.96. The lowest BCUT2D eigenvalue weighted by atomic mass is 10.1. The van der Waals surface area contributed by atoms with Gasteiger partial charge in [-0.1, -0.05) is 24.3 Å². The molecule has 0 heterocycles. The van der Waals surface area contributed by atoms with E-state index >= 15 is 0 Å². The van der Waals surface area contributed by atoms with Gasteiger partial charge in [0.05, 0.1) is 0 Å². The molecule has 0 bridgehead atoms. The van der Waals surface area contributed by atoms with Gasteiger partial charge in [-0.25, -0.2) is 0 Å². The first kappa shape index (κ1) is 13.5. The van der Waals surface area contributed by atoms with Crippen molar-refractivity contribution in [2.45, 2.75) is 20.4 Å². The SMILES string of the molecule is CNc1cccc(N(C)Cc2ccc(C)c(C)c2)c1. The topological polar surface area (TPSA) is 15.3 Å². The van der Waals surface area contributed by atoms with E-state index in [2.05, 4.69) is 73.6 Å². The predicted molar refractivity (Wildman–Crippen MR) is 84.0 cm³/mol. The zero-order valence-electron chi connectivity index (χ0n) is 12.2. The molecule has 0 radical (unpaired) electrons. The van der Waals surface area contributed by atoms with Crippen LogP contribution in [0.3, 0.4) is 0 Å². The van der Waals surface area contributed by atoms with Crippen LogP contribution in [0.2, 0.25) is 0 Å². The van der Waals surface area contributed by atoms with Crippen LogP contribution in [0.25, 0.3) is 0 Å². The molecule has 0 spiro atoms.